The standard InChI is InChI=1S/C16H23NO2/c1-12(2)16(18)10-17(11-16)9-13-7-8-19-15-6-4-3-5-14(13)15/h3-6,12-13,18H,7-11H2,1-2H3. The van der Waals surface area contributed by atoms with Crippen LogP contribution in [0.3, 0.4) is 0 Å². The van der Waals surface area contributed by atoms with Gasteiger partial charge in [0.2, 0.25) is 0 Å². The summed E-state index contributed by atoms with van der Waals surface area (Å²) in [6.45, 7) is 7.66. The van der Waals surface area contributed by atoms with E-state index in [1.807, 2.05) is 6.07 Å². The number of fused-ring (bicyclic) bond motifs is 1. The molecule has 3 heteroatoms. The lowest BCUT2D eigenvalue weighted by Crippen LogP contribution is -2.65. The topological polar surface area (TPSA) is 32.7 Å². The summed E-state index contributed by atoms with van der Waals surface area (Å²) in [6.07, 6.45) is 1.08. The third kappa shape index (κ3) is 2.37. The quantitative estimate of drug-likeness (QED) is 0.906. The second-order valence-corrected chi connectivity index (χ2v) is 6.30. The van der Waals surface area contributed by atoms with Crippen LogP contribution < -0.4 is 4.74 Å². The number of β-amino-alcohol motifs (C(OH)–C–C–N with tert-alkyl or cyclic N) is 1. The van der Waals surface area contributed by atoms with Crippen molar-refractivity contribution in [3.63, 3.8) is 0 Å². The number of benzene rings is 1. The van der Waals surface area contributed by atoms with E-state index in [1.165, 1.54) is 5.56 Å². The Labute approximate surface area is 115 Å². The first-order valence-corrected chi connectivity index (χ1v) is 7.25. The van der Waals surface area contributed by atoms with Crippen LogP contribution in [-0.4, -0.2) is 41.8 Å². The van der Waals surface area contributed by atoms with Gasteiger partial charge in [0.1, 0.15) is 5.75 Å². The maximum atomic E-state index is 10.3. The van der Waals surface area contributed by atoms with Gasteiger partial charge in [-0.2, -0.15) is 0 Å². The van der Waals surface area contributed by atoms with Gasteiger partial charge >= 0.3 is 0 Å². The van der Waals surface area contributed by atoms with Gasteiger partial charge in [0.15, 0.2) is 0 Å². The van der Waals surface area contributed by atoms with Crippen molar-refractivity contribution < 1.29 is 9.84 Å². The van der Waals surface area contributed by atoms with E-state index < -0.39 is 5.60 Å². The highest BCUT2D eigenvalue weighted by atomic mass is 16.5. The largest absolute Gasteiger partial charge is 0.493 e. The molecule has 104 valence electrons. The zero-order valence-electron chi connectivity index (χ0n) is 11.8. The Balaban J connectivity index is 1.64. The van der Waals surface area contributed by atoms with Crippen LogP contribution in [0.2, 0.25) is 0 Å². The van der Waals surface area contributed by atoms with Gasteiger partial charge in [-0.05, 0) is 24.0 Å². The number of aliphatic hydroxyl groups is 1. The average Bonchev–Trinajstić information content (AvgIpc) is 2.37. The van der Waals surface area contributed by atoms with Crippen molar-refractivity contribution in [2.75, 3.05) is 26.2 Å². The van der Waals surface area contributed by atoms with Crippen molar-refractivity contribution >= 4 is 0 Å². The first kappa shape index (κ1) is 12.9. The summed E-state index contributed by atoms with van der Waals surface area (Å²) < 4.78 is 5.70. The summed E-state index contributed by atoms with van der Waals surface area (Å²) in [5.74, 6) is 1.92. The number of ether oxygens (including phenoxy) is 1. The highest BCUT2D eigenvalue weighted by Gasteiger charge is 2.44. The number of nitrogens with zero attached hydrogens (tertiary/aromatic N) is 1. The summed E-state index contributed by atoms with van der Waals surface area (Å²) in [7, 11) is 0. The fourth-order valence-electron chi connectivity index (χ4n) is 3.14. The molecule has 1 aromatic carbocycles. The second kappa shape index (κ2) is 4.80. The van der Waals surface area contributed by atoms with Gasteiger partial charge < -0.3 is 9.84 Å². The Bertz CT molecular complexity index is 452. The smallest absolute Gasteiger partial charge is 0.122 e. The van der Waals surface area contributed by atoms with Crippen molar-refractivity contribution in [3.8, 4) is 5.75 Å². The second-order valence-electron chi connectivity index (χ2n) is 6.30. The van der Waals surface area contributed by atoms with Gasteiger partial charge in [-0.15, -0.1) is 0 Å². The minimum absolute atomic E-state index is 0.339. The number of rotatable bonds is 3. The molecule has 2 aliphatic rings. The molecule has 1 aromatic rings. The summed E-state index contributed by atoms with van der Waals surface area (Å²) in [4.78, 5) is 2.37. The number of likely N-dealkylation sites (tertiary alicyclic amines) is 1. The van der Waals surface area contributed by atoms with E-state index in [2.05, 4.69) is 36.9 Å². The fourth-order valence-corrected chi connectivity index (χ4v) is 3.14. The van der Waals surface area contributed by atoms with Crippen LogP contribution in [0.4, 0.5) is 0 Å². The molecular formula is C16H23NO2. The molecule has 1 N–H and O–H groups in total. The van der Waals surface area contributed by atoms with Gasteiger partial charge in [0.05, 0.1) is 12.2 Å². The number of hydrogen-bond acceptors (Lipinski definition) is 3. The van der Waals surface area contributed by atoms with Crippen LogP contribution in [0, 0.1) is 5.92 Å². The van der Waals surface area contributed by atoms with E-state index in [1.54, 1.807) is 0 Å². The molecule has 3 rings (SSSR count). The van der Waals surface area contributed by atoms with Crippen molar-refractivity contribution in [2.45, 2.75) is 31.8 Å². The van der Waals surface area contributed by atoms with E-state index >= 15 is 0 Å². The molecule has 0 radical (unpaired) electrons. The van der Waals surface area contributed by atoms with Crippen LogP contribution in [0.5, 0.6) is 5.75 Å². The van der Waals surface area contributed by atoms with Crippen LogP contribution in [0.25, 0.3) is 0 Å². The number of hydrogen-bond donors (Lipinski definition) is 1. The summed E-state index contributed by atoms with van der Waals surface area (Å²) >= 11 is 0. The van der Waals surface area contributed by atoms with E-state index in [0.717, 1.165) is 38.4 Å². The third-order valence-corrected chi connectivity index (χ3v) is 4.63. The Kier molecular flexibility index (Phi) is 3.27. The third-order valence-electron chi connectivity index (χ3n) is 4.63. The van der Waals surface area contributed by atoms with Crippen LogP contribution >= 0.6 is 0 Å². The average molecular weight is 261 g/mol. The normalized spacial score (nSPS) is 25.6. The first-order chi connectivity index (χ1) is 9.08. The predicted molar refractivity (Wildman–Crippen MR) is 75.5 cm³/mol. The van der Waals surface area contributed by atoms with Gasteiger partial charge in [0, 0.05) is 25.6 Å². The molecule has 1 fully saturated rings. The van der Waals surface area contributed by atoms with Gasteiger partial charge in [-0.1, -0.05) is 32.0 Å². The zero-order chi connectivity index (χ0) is 13.5. The molecule has 0 saturated carbocycles. The molecule has 0 spiro atoms. The maximum Gasteiger partial charge on any atom is 0.122 e. The highest BCUT2D eigenvalue weighted by molar-refractivity contribution is 5.38. The van der Waals surface area contributed by atoms with Crippen molar-refractivity contribution in [2.24, 2.45) is 5.92 Å². The summed E-state index contributed by atoms with van der Waals surface area (Å²) in [6, 6.07) is 8.35. The fraction of sp³-hybridized carbons (Fsp3) is 0.625. The van der Waals surface area contributed by atoms with Crippen LogP contribution in [0.1, 0.15) is 31.7 Å². The molecule has 1 unspecified atom stereocenters. The highest BCUT2D eigenvalue weighted by Crippen LogP contribution is 2.36. The Morgan fingerprint density at radius 2 is 2.11 bits per heavy atom. The van der Waals surface area contributed by atoms with Crippen LogP contribution in [0.15, 0.2) is 24.3 Å². The molecule has 1 atom stereocenters. The molecule has 0 bridgehead atoms. The predicted octanol–water partition coefficient (Wildman–Crippen LogP) is 2.26. The van der Waals surface area contributed by atoms with Crippen molar-refractivity contribution in [1.29, 1.82) is 0 Å². The minimum atomic E-state index is -0.468. The molecular weight excluding hydrogens is 238 g/mol. The molecule has 0 aliphatic carbocycles. The van der Waals surface area contributed by atoms with Crippen LogP contribution in [-0.2, 0) is 0 Å². The van der Waals surface area contributed by atoms with Gasteiger partial charge in [-0.3, -0.25) is 4.90 Å². The maximum absolute atomic E-state index is 10.3. The van der Waals surface area contributed by atoms with E-state index in [9.17, 15) is 5.11 Å². The zero-order valence-corrected chi connectivity index (χ0v) is 11.8. The summed E-state index contributed by atoms with van der Waals surface area (Å²) in [5.41, 5.74) is 0.860. The molecule has 2 heterocycles. The number of para-hydroxylation sites is 1. The molecule has 2 aliphatic heterocycles. The molecule has 1 saturated heterocycles. The molecule has 0 aromatic heterocycles. The lowest BCUT2D eigenvalue weighted by atomic mass is 9.81. The van der Waals surface area contributed by atoms with Gasteiger partial charge in [-0.25, -0.2) is 0 Å². The molecule has 3 nitrogen and oxygen atoms in total. The van der Waals surface area contributed by atoms with Gasteiger partial charge in [0.25, 0.3) is 0 Å². The van der Waals surface area contributed by atoms with E-state index in [0.29, 0.717) is 11.8 Å². The Hall–Kier alpha value is -1.06. The Morgan fingerprint density at radius 3 is 2.84 bits per heavy atom. The molecule has 19 heavy (non-hydrogen) atoms. The lowest BCUT2D eigenvalue weighted by molar-refractivity contribution is -0.129. The first-order valence-electron chi connectivity index (χ1n) is 7.25. The van der Waals surface area contributed by atoms with Crippen molar-refractivity contribution in [1.82, 2.24) is 4.90 Å². The summed E-state index contributed by atoms with van der Waals surface area (Å²) in [5, 5.41) is 10.3. The minimum Gasteiger partial charge on any atom is -0.493 e. The van der Waals surface area contributed by atoms with E-state index in [-0.39, 0.29) is 0 Å². The van der Waals surface area contributed by atoms with E-state index in [4.69, 9.17) is 4.74 Å². The SMILES string of the molecule is CC(C)C1(O)CN(CC2CCOc3ccccc32)C1. The van der Waals surface area contributed by atoms with Crippen molar-refractivity contribution in [3.05, 3.63) is 29.8 Å². The Morgan fingerprint density at radius 1 is 1.37 bits per heavy atom. The molecule has 0 amide bonds. The monoisotopic (exact) mass is 261 g/mol. The lowest BCUT2D eigenvalue weighted by Gasteiger charge is -2.50.